The van der Waals surface area contributed by atoms with Crippen LogP contribution in [0.1, 0.15) is 79.3 Å². The Hall–Kier alpha value is -4.76. The summed E-state index contributed by atoms with van der Waals surface area (Å²) < 4.78 is 2.26. The molecule has 0 radical (unpaired) electrons. The molecule has 7 rings (SSSR count). The smallest absolute Gasteiger partial charge is 0.169 e. The standard InChI is InChI=1S/C44H45N3/c1-42(2,3)34-19-14-28(15-20-34)31-24-32(29-16-21-35(22-17-29)43(4,5)6)26-33(25-31)30-18-23-39-38(27-30)36-12-10-11-13-37(36)40-45-46-41(47(39)40)44(7,8)9/h10-27H,1-9H3. The molecule has 0 bridgehead atoms. The summed E-state index contributed by atoms with van der Waals surface area (Å²) in [5.74, 6) is 0.970. The molecule has 0 amide bonds. The summed E-state index contributed by atoms with van der Waals surface area (Å²) >= 11 is 0. The van der Waals surface area contributed by atoms with Crippen molar-refractivity contribution in [3.05, 3.63) is 126 Å². The number of fused-ring (bicyclic) bond motifs is 6. The molecule has 0 aliphatic rings. The molecule has 5 aromatic carbocycles. The third kappa shape index (κ3) is 5.63. The van der Waals surface area contributed by atoms with Crippen molar-refractivity contribution in [1.29, 1.82) is 0 Å². The minimum absolute atomic E-state index is 0.108. The Balaban J connectivity index is 1.45. The highest BCUT2D eigenvalue weighted by molar-refractivity contribution is 6.12. The van der Waals surface area contributed by atoms with Gasteiger partial charge in [0.05, 0.1) is 5.52 Å². The topological polar surface area (TPSA) is 30.2 Å². The number of rotatable bonds is 3. The molecular formula is C44H45N3. The highest BCUT2D eigenvalue weighted by Gasteiger charge is 2.24. The van der Waals surface area contributed by atoms with E-state index in [-0.39, 0.29) is 16.2 Å². The van der Waals surface area contributed by atoms with Crippen molar-refractivity contribution in [1.82, 2.24) is 14.6 Å². The van der Waals surface area contributed by atoms with Crippen LogP contribution in [0.3, 0.4) is 0 Å². The van der Waals surface area contributed by atoms with E-state index in [4.69, 9.17) is 5.10 Å². The van der Waals surface area contributed by atoms with Crippen LogP contribution in [-0.2, 0) is 16.2 Å². The van der Waals surface area contributed by atoms with Crippen molar-refractivity contribution in [2.24, 2.45) is 0 Å². The van der Waals surface area contributed by atoms with E-state index in [0.29, 0.717) is 0 Å². The fourth-order valence-electron chi connectivity index (χ4n) is 6.66. The van der Waals surface area contributed by atoms with E-state index in [1.807, 2.05) is 0 Å². The summed E-state index contributed by atoms with van der Waals surface area (Å²) in [7, 11) is 0. The minimum atomic E-state index is -0.151. The zero-order valence-corrected chi connectivity index (χ0v) is 29.2. The summed E-state index contributed by atoms with van der Waals surface area (Å²) in [4.78, 5) is 0. The van der Waals surface area contributed by atoms with Crippen LogP contribution in [0.15, 0.2) is 109 Å². The first-order valence-electron chi connectivity index (χ1n) is 16.8. The van der Waals surface area contributed by atoms with Gasteiger partial charge in [0.2, 0.25) is 0 Å². The van der Waals surface area contributed by atoms with Crippen LogP contribution >= 0.6 is 0 Å². The maximum Gasteiger partial charge on any atom is 0.169 e. The number of hydrogen-bond acceptors (Lipinski definition) is 2. The second-order valence-electron chi connectivity index (χ2n) is 16.2. The van der Waals surface area contributed by atoms with E-state index in [9.17, 15) is 0 Å². The van der Waals surface area contributed by atoms with Gasteiger partial charge in [-0.2, -0.15) is 0 Å². The lowest BCUT2D eigenvalue weighted by Gasteiger charge is -2.20. The number of hydrogen-bond donors (Lipinski definition) is 0. The van der Waals surface area contributed by atoms with Crippen LogP contribution in [0, 0.1) is 0 Å². The molecule has 0 aliphatic heterocycles. The van der Waals surface area contributed by atoms with Gasteiger partial charge in [0, 0.05) is 16.2 Å². The Morgan fingerprint density at radius 1 is 0.404 bits per heavy atom. The normalized spacial score (nSPS) is 12.8. The molecule has 3 nitrogen and oxygen atoms in total. The molecular weight excluding hydrogens is 571 g/mol. The van der Waals surface area contributed by atoms with Crippen molar-refractivity contribution in [3.63, 3.8) is 0 Å². The number of aromatic nitrogens is 3. The van der Waals surface area contributed by atoms with Gasteiger partial charge in [-0.3, -0.25) is 4.40 Å². The zero-order valence-electron chi connectivity index (χ0n) is 29.2. The van der Waals surface area contributed by atoms with E-state index in [0.717, 1.165) is 22.4 Å². The van der Waals surface area contributed by atoms with Crippen LogP contribution in [-0.4, -0.2) is 14.6 Å². The Kier molecular flexibility index (Phi) is 7.17. The van der Waals surface area contributed by atoms with Gasteiger partial charge in [0.15, 0.2) is 5.65 Å². The van der Waals surface area contributed by atoms with Crippen molar-refractivity contribution < 1.29 is 0 Å². The molecule has 0 unspecified atom stereocenters. The molecule has 7 aromatic rings. The van der Waals surface area contributed by atoms with Gasteiger partial charge >= 0.3 is 0 Å². The molecule has 0 saturated heterocycles. The molecule has 0 atom stereocenters. The van der Waals surface area contributed by atoms with E-state index >= 15 is 0 Å². The Morgan fingerprint density at radius 2 is 0.872 bits per heavy atom. The summed E-state index contributed by atoms with van der Waals surface area (Å²) in [6.07, 6.45) is 0. The largest absolute Gasteiger partial charge is 0.278 e. The van der Waals surface area contributed by atoms with Gasteiger partial charge < -0.3 is 0 Å². The molecule has 2 heterocycles. The fourth-order valence-corrected chi connectivity index (χ4v) is 6.66. The molecule has 0 saturated carbocycles. The second-order valence-corrected chi connectivity index (χ2v) is 16.2. The first-order valence-corrected chi connectivity index (χ1v) is 16.8. The molecule has 2 aromatic heterocycles. The van der Waals surface area contributed by atoms with Gasteiger partial charge in [-0.05, 0) is 91.1 Å². The molecule has 0 spiro atoms. The van der Waals surface area contributed by atoms with Gasteiger partial charge in [-0.1, -0.05) is 141 Å². The van der Waals surface area contributed by atoms with E-state index in [1.54, 1.807) is 0 Å². The Morgan fingerprint density at radius 3 is 1.36 bits per heavy atom. The molecule has 236 valence electrons. The first-order chi connectivity index (χ1) is 22.2. The monoisotopic (exact) mass is 615 g/mol. The van der Waals surface area contributed by atoms with Crippen LogP contribution in [0.25, 0.3) is 60.7 Å². The Labute approximate surface area is 279 Å². The maximum absolute atomic E-state index is 4.69. The van der Waals surface area contributed by atoms with Crippen LogP contribution in [0.5, 0.6) is 0 Å². The van der Waals surface area contributed by atoms with Gasteiger partial charge in [0.1, 0.15) is 5.82 Å². The number of pyridine rings is 1. The first kappa shape index (κ1) is 30.9. The summed E-state index contributed by atoms with van der Waals surface area (Å²) in [6.45, 7) is 20.2. The quantitative estimate of drug-likeness (QED) is 0.185. The maximum atomic E-state index is 4.69. The molecule has 0 N–H and O–H groups in total. The average Bonchev–Trinajstić information content (AvgIpc) is 3.51. The van der Waals surface area contributed by atoms with Crippen molar-refractivity contribution >= 4 is 27.3 Å². The van der Waals surface area contributed by atoms with Crippen molar-refractivity contribution in [2.75, 3.05) is 0 Å². The fraction of sp³-hybridized carbons (Fsp3) is 0.273. The Bertz CT molecular complexity index is 2190. The van der Waals surface area contributed by atoms with Gasteiger partial charge in [0.25, 0.3) is 0 Å². The summed E-state index contributed by atoms with van der Waals surface area (Å²) in [6, 6.07) is 40.7. The highest BCUT2D eigenvalue weighted by atomic mass is 15.3. The lowest BCUT2D eigenvalue weighted by molar-refractivity contribution is 0.541. The van der Waals surface area contributed by atoms with Crippen LogP contribution in [0.2, 0.25) is 0 Å². The number of nitrogens with zero attached hydrogens (tertiary/aromatic N) is 3. The number of benzene rings is 5. The molecule has 3 heteroatoms. The third-order valence-corrected chi connectivity index (χ3v) is 9.46. The van der Waals surface area contributed by atoms with Gasteiger partial charge in [-0.15, -0.1) is 10.2 Å². The van der Waals surface area contributed by atoms with E-state index in [1.165, 1.54) is 55.3 Å². The zero-order chi connectivity index (χ0) is 33.3. The average molecular weight is 616 g/mol. The SMILES string of the molecule is CC(C)(C)c1ccc(-c2cc(-c3ccc(C(C)(C)C)cc3)cc(-c3ccc4c(c3)c3ccccc3c3nnc(C(C)(C)C)n43)c2)cc1. The predicted octanol–water partition coefficient (Wildman–Crippen LogP) is 11.9. The highest BCUT2D eigenvalue weighted by Crippen LogP contribution is 2.38. The second kappa shape index (κ2) is 10.9. The molecule has 47 heavy (non-hydrogen) atoms. The van der Waals surface area contributed by atoms with E-state index < -0.39 is 0 Å². The van der Waals surface area contributed by atoms with Crippen molar-refractivity contribution in [3.8, 4) is 33.4 Å². The minimum Gasteiger partial charge on any atom is -0.278 e. The summed E-state index contributed by atoms with van der Waals surface area (Å²) in [5.41, 5.74) is 12.0. The van der Waals surface area contributed by atoms with Gasteiger partial charge in [-0.25, -0.2) is 0 Å². The molecule has 0 aliphatic carbocycles. The lowest BCUT2D eigenvalue weighted by atomic mass is 9.85. The van der Waals surface area contributed by atoms with Crippen LogP contribution in [0.4, 0.5) is 0 Å². The predicted molar refractivity (Wildman–Crippen MR) is 200 cm³/mol. The van der Waals surface area contributed by atoms with E-state index in [2.05, 4.69) is 181 Å². The van der Waals surface area contributed by atoms with Crippen molar-refractivity contribution in [2.45, 2.75) is 78.6 Å². The molecule has 0 fully saturated rings. The third-order valence-electron chi connectivity index (χ3n) is 9.46. The summed E-state index contributed by atoms with van der Waals surface area (Å²) in [5, 5.41) is 12.9. The van der Waals surface area contributed by atoms with Crippen LogP contribution < -0.4 is 0 Å². The lowest BCUT2D eigenvalue weighted by Crippen LogP contribution is -2.16.